The smallest absolute Gasteiger partial charge is 0.264 e. The number of aryl methyl sites for hydroxylation is 1. The molecule has 1 saturated carbocycles. The van der Waals surface area contributed by atoms with Crippen LogP contribution in [-0.2, 0) is 25.5 Å². The van der Waals surface area contributed by atoms with E-state index < -0.39 is 20.0 Å². The lowest BCUT2D eigenvalue weighted by Crippen LogP contribution is -2.35. The first-order valence-electron chi connectivity index (χ1n) is 9.74. The molecule has 1 aliphatic heterocycles. The van der Waals surface area contributed by atoms with Gasteiger partial charge in [0.05, 0.1) is 15.5 Å². The molecule has 1 fully saturated rings. The fourth-order valence-electron chi connectivity index (χ4n) is 4.56. The summed E-state index contributed by atoms with van der Waals surface area (Å²) in [6.07, 6.45) is 4.21. The number of rotatable bonds is 4. The first kappa shape index (κ1) is 20.4. The number of sulfonamides is 2. The Hall–Kier alpha value is -1.90. The summed E-state index contributed by atoms with van der Waals surface area (Å²) in [5, 5.41) is 0. The van der Waals surface area contributed by atoms with Crippen molar-refractivity contribution in [2.24, 2.45) is 0 Å². The minimum absolute atomic E-state index is 0.0754. The van der Waals surface area contributed by atoms with Crippen LogP contribution in [0.15, 0.2) is 52.3 Å². The van der Waals surface area contributed by atoms with E-state index in [1.807, 2.05) is 13.0 Å². The molecular formula is C21H26N2O4S2. The van der Waals surface area contributed by atoms with E-state index in [1.54, 1.807) is 0 Å². The quantitative estimate of drug-likeness (QED) is 0.740. The van der Waals surface area contributed by atoms with E-state index in [0.717, 1.165) is 46.8 Å². The summed E-state index contributed by atoms with van der Waals surface area (Å²) in [7, 11) is -4.50. The van der Waals surface area contributed by atoms with E-state index in [2.05, 4.69) is 12.1 Å². The Kier molecular flexibility index (Phi) is 4.79. The van der Waals surface area contributed by atoms with Crippen LogP contribution < -0.4 is 4.31 Å². The SMILES string of the molecule is Cc1ccc2c(c1)N(S(=O)(=O)c1ccc(S(=O)(=O)N(C)C)cc1)CC21CCCC1. The van der Waals surface area contributed by atoms with Gasteiger partial charge in [0.25, 0.3) is 10.0 Å². The molecular weight excluding hydrogens is 408 g/mol. The maximum absolute atomic E-state index is 13.5. The lowest BCUT2D eigenvalue weighted by Gasteiger charge is -2.25. The second-order valence-electron chi connectivity index (χ2n) is 8.28. The van der Waals surface area contributed by atoms with Crippen molar-refractivity contribution >= 4 is 25.7 Å². The number of hydrogen-bond donors (Lipinski definition) is 0. The normalized spacial score (nSPS) is 18.6. The Morgan fingerprint density at radius 1 is 0.897 bits per heavy atom. The van der Waals surface area contributed by atoms with Gasteiger partial charge in [-0.15, -0.1) is 0 Å². The zero-order valence-corrected chi connectivity index (χ0v) is 18.6. The molecule has 29 heavy (non-hydrogen) atoms. The maximum Gasteiger partial charge on any atom is 0.264 e. The van der Waals surface area contributed by atoms with E-state index in [1.165, 1.54) is 42.7 Å². The standard InChI is InChI=1S/C21H26N2O4S2/c1-16-6-11-19-20(14-16)23(15-21(19)12-4-5-13-21)29(26,27)18-9-7-17(8-10-18)28(24,25)22(2)3/h6-11,14H,4-5,12-13,15H2,1-3H3. The number of nitrogens with zero attached hydrogens (tertiary/aromatic N) is 2. The predicted molar refractivity (Wildman–Crippen MR) is 113 cm³/mol. The summed E-state index contributed by atoms with van der Waals surface area (Å²) in [5.74, 6) is 0. The van der Waals surface area contributed by atoms with Crippen molar-refractivity contribution in [2.45, 2.75) is 47.8 Å². The maximum atomic E-state index is 13.5. The van der Waals surface area contributed by atoms with Gasteiger partial charge in [-0.05, 0) is 61.2 Å². The van der Waals surface area contributed by atoms with E-state index in [4.69, 9.17) is 0 Å². The van der Waals surface area contributed by atoms with Gasteiger partial charge < -0.3 is 0 Å². The van der Waals surface area contributed by atoms with E-state index in [-0.39, 0.29) is 15.2 Å². The molecule has 2 aromatic rings. The minimum atomic E-state index is -3.79. The highest BCUT2D eigenvalue weighted by molar-refractivity contribution is 7.93. The van der Waals surface area contributed by atoms with E-state index in [0.29, 0.717) is 6.54 Å². The summed E-state index contributed by atoms with van der Waals surface area (Å²) >= 11 is 0. The van der Waals surface area contributed by atoms with Crippen LogP contribution in [0.3, 0.4) is 0 Å². The molecule has 0 saturated heterocycles. The van der Waals surface area contributed by atoms with Gasteiger partial charge in [-0.3, -0.25) is 4.31 Å². The molecule has 8 heteroatoms. The second kappa shape index (κ2) is 6.82. The molecule has 0 N–H and O–H groups in total. The van der Waals surface area contributed by atoms with Crippen LogP contribution in [0, 0.1) is 6.92 Å². The molecule has 0 aromatic heterocycles. The Labute approximate surface area is 173 Å². The molecule has 0 bridgehead atoms. The van der Waals surface area contributed by atoms with Crippen molar-refractivity contribution in [2.75, 3.05) is 24.9 Å². The molecule has 4 rings (SSSR count). The van der Waals surface area contributed by atoms with E-state index >= 15 is 0 Å². The van der Waals surface area contributed by atoms with Crippen molar-refractivity contribution in [3.63, 3.8) is 0 Å². The first-order valence-corrected chi connectivity index (χ1v) is 12.6. The van der Waals surface area contributed by atoms with Crippen LogP contribution in [0.2, 0.25) is 0 Å². The molecule has 1 heterocycles. The third-order valence-electron chi connectivity index (χ3n) is 6.19. The van der Waals surface area contributed by atoms with Gasteiger partial charge in [-0.25, -0.2) is 21.1 Å². The Balaban J connectivity index is 1.76. The zero-order chi connectivity index (χ0) is 21.0. The van der Waals surface area contributed by atoms with Gasteiger partial charge in [0, 0.05) is 26.1 Å². The molecule has 0 radical (unpaired) electrons. The number of hydrogen-bond acceptors (Lipinski definition) is 4. The molecule has 1 spiro atoms. The molecule has 156 valence electrons. The summed E-state index contributed by atoms with van der Waals surface area (Å²) < 4.78 is 54.2. The van der Waals surface area contributed by atoms with Crippen LogP contribution in [0.5, 0.6) is 0 Å². The third kappa shape index (κ3) is 3.17. The fourth-order valence-corrected chi connectivity index (χ4v) is 7.02. The molecule has 0 amide bonds. The third-order valence-corrected chi connectivity index (χ3v) is 9.79. The molecule has 2 aromatic carbocycles. The lowest BCUT2D eigenvalue weighted by molar-refractivity contribution is 0.477. The summed E-state index contributed by atoms with van der Waals surface area (Å²) in [5.41, 5.74) is 2.80. The van der Waals surface area contributed by atoms with Crippen LogP contribution in [0.1, 0.15) is 36.8 Å². The molecule has 6 nitrogen and oxygen atoms in total. The Morgan fingerprint density at radius 3 is 2.07 bits per heavy atom. The van der Waals surface area contributed by atoms with Gasteiger partial charge >= 0.3 is 0 Å². The number of fused-ring (bicyclic) bond motifs is 2. The van der Waals surface area contributed by atoms with Crippen molar-refractivity contribution < 1.29 is 16.8 Å². The predicted octanol–water partition coefficient (Wildman–Crippen LogP) is 3.27. The monoisotopic (exact) mass is 434 g/mol. The molecule has 0 atom stereocenters. The fraction of sp³-hybridized carbons (Fsp3) is 0.429. The van der Waals surface area contributed by atoms with Crippen molar-refractivity contribution in [1.82, 2.24) is 4.31 Å². The van der Waals surface area contributed by atoms with E-state index in [9.17, 15) is 16.8 Å². The Morgan fingerprint density at radius 2 is 1.48 bits per heavy atom. The molecule has 1 aliphatic carbocycles. The summed E-state index contributed by atoms with van der Waals surface area (Å²) in [6, 6.07) is 11.6. The van der Waals surface area contributed by atoms with Crippen molar-refractivity contribution in [3.8, 4) is 0 Å². The minimum Gasteiger partial charge on any atom is -0.265 e. The highest BCUT2D eigenvalue weighted by Gasteiger charge is 2.48. The summed E-state index contributed by atoms with van der Waals surface area (Å²) in [6.45, 7) is 2.41. The van der Waals surface area contributed by atoms with Gasteiger partial charge in [-0.1, -0.05) is 25.0 Å². The van der Waals surface area contributed by atoms with Crippen LogP contribution >= 0.6 is 0 Å². The average molecular weight is 435 g/mol. The summed E-state index contributed by atoms with van der Waals surface area (Å²) in [4.78, 5) is 0.184. The zero-order valence-electron chi connectivity index (χ0n) is 16.9. The topological polar surface area (TPSA) is 74.8 Å². The number of benzene rings is 2. The van der Waals surface area contributed by atoms with Gasteiger partial charge in [0.15, 0.2) is 0 Å². The molecule has 0 unspecified atom stereocenters. The van der Waals surface area contributed by atoms with Crippen LogP contribution in [-0.4, -0.2) is 41.8 Å². The van der Waals surface area contributed by atoms with Gasteiger partial charge in [0.1, 0.15) is 0 Å². The molecule has 2 aliphatic rings. The highest BCUT2D eigenvalue weighted by atomic mass is 32.2. The second-order valence-corrected chi connectivity index (χ2v) is 12.3. The van der Waals surface area contributed by atoms with Crippen LogP contribution in [0.25, 0.3) is 0 Å². The highest BCUT2D eigenvalue weighted by Crippen LogP contribution is 2.52. The largest absolute Gasteiger partial charge is 0.265 e. The first-order chi connectivity index (χ1) is 13.6. The average Bonchev–Trinajstić information content (AvgIpc) is 3.27. The van der Waals surface area contributed by atoms with Gasteiger partial charge in [0.2, 0.25) is 10.0 Å². The van der Waals surface area contributed by atoms with Crippen molar-refractivity contribution in [1.29, 1.82) is 0 Å². The number of anilines is 1. The van der Waals surface area contributed by atoms with Crippen LogP contribution in [0.4, 0.5) is 5.69 Å². The Bertz CT molecular complexity index is 1150. The van der Waals surface area contributed by atoms with Crippen molar-refractivity contribution in [3.05, 3.63) is 53.6 Å². The van der Waals surface area contributed by atoms with Gasteiger partial charge in [-0.2, -0.15) is 0 Å². The lowest BCUT2D eigenvalue weighted by atomic mass is 9.81.